The number of imidazole rings is 1. The number of hydrogen-bond donors (Lipinski definition) is 1. The highest BCUT2D eigenvalue weighted by Gasteiger charge is 2.24. The van der Waals surface area contributed by atoms with Gasteiger partial charge < -0.3 is 9.88 Å². The molecule has 0 saturated heterocycles. The quantitative estimate of drug-likeness (QED) is 0.903. The summed E-state index contributed by atoms with van der Waals surface area (Å²) in [7, 11) is 2.01. The Morgan fingerprint density at radius 3 is 2.89 bits per heavy atom. The number of nitrogens with one attached hydrogen (secondary N) is 1. The van der Waals surface area contributed by atoms with Crippen molar-refractivity contribution in [1.82, 2.24) is 19.8 Å². The molecule has 0 amide bonds. The summed E-state index contributed by atoms with van der Waals surface area (Å²) in [5.74, 6) is 1.17. The highest BCUT2D eigenvalue weighted by atomic mass is 15.3. The summed E-state index contributed by atoms with van der Waals surface area (Å²) >= 11 is 0. The first-order valence-electron chi connectivity index (χ1n) is 6.82. The topological polar surface area (TPSA) is 33.1 Å². The van der Waals surface area contributed by atoms with Gasteiger partial charge in [0.1, 0.15) is 5.82 Å². The lowest BCUT2D eigenvalue weighted by Crippen LogP contribution is -2.40. The van der Waals surface area contributed by atoms with Gasteiger partial charge in [-0.05, 0) is 12.6 Å². The van der Waals surface area contributed by atoms with E-state index in [0.29, 0.717) is 6.04 Å². The average molecular weight is 256 g/mol. The first-order chi connectivity index (χ1) is 9.38. The lowest BCUT2D eigenvalue weighted by Gasteiger charge is -2.35. The molecule has 0 spiro atoms. The maximum Gasteiger partial charge on any atom is 0.122 e. The van der Waals surface area contributed by atoms with Gasteiger partial charge in [-0.1, -0.05) is 30.3 Å². The van der Waals surface area contributed by atoms with Crippen LogP contribution >= 0.6 is 0 Å². The molecule has 4 heteroatoms. The normalized spacial score (nSPS) is 17.1. The third kappa shape index (κ3) is 2.55. The van der Waals surface area contributed by atoms with Crippen LogP contribution in [0.15, 0.2) is 42.7 Å². The fourth-order valence-electron chi connectivity index (χ4n) is 2.78. The Labute approximate surface area is 114 Å². The Bertz CT molecular complexity index is 520. The third-order valence-corrected chi connectivity index (χ3v) is 3.80. The first kappa shape index (κ1) is 12.4. The highest BCUT2D eigenvalue weighted by Crippen LogP contribution is 2.24. The predicted octanol–water partition coefficient (Wildman–Crippen LogP) is 1.66. The molecule has 1 aliphatic rings. The molecule has 4 nitrogen and oxygen atoms in total. The van der Waals surface area contributed by atoms with E-state index in [1.807, 2.05) is 13.2 Å². The summed E-state index contributed by atoms with van der Waals surface area (Å²) in [6.07, 6.45) is 3.97. The van der Waals surface area contributed by atoms with Crippen LogP contribution < -0.4 is 5.32 Å². The zero-order chi connectivity index (χ0) is 13.1. The van der Waals surface area contributed by atoms with E-state index >= 15 is 0 Å². The van der Waals surface area contributed by atoms with Crippen molar-refractivity contribution in [2.75, 3.05) is 20.1 Å². The second-order valence-corrected chi connectivity index (χ2v) is 4.99. The van der Waals surface area contributed by atoms with Crippen molar-refractivity contribution < 1.29 is 0 Å². The molecule has 100 valence electrons. The molecule has 0 aliphatic carbocycles. The second-order valence-electron chi connectivity index (χ2n) is 4.99. The molecule has 2 heterocycles. The molecule has 19 heavy (non-hydrogen) atoms. The van der Waals surface area contributed by atoms with Gasteiger partial charge in [-0.15, -0.1) is 0 Å². The fraction of sp³-hybridized carbons (Fsp3) is 0.400. The minimum Gasteiger partial charge on any atom is -0.333 e. The largest absolute Gasteiger partial charge is 0.333 e. The summed E-state index contributed by atoms with van der Waals surface area (Å²) in [4.78, 5) is 6.95. The van der Waals surface area contributed by atoms with E-state index in [-0.39, 0.29) is 0 Å². The summed E-state index contributed by atoms with van der Waals surface area (Å²) in [6.45, 7) is 3.99. The van der Waals surface area contributed by atoms with Gasteiger partial charge in [-0.3, -0.25) is 4.90 Å². The summed E-state index contributed by atoms with van der Waals surface area (Å²) in [5.41, 5.74) is 1.37. The lowest BCUT2D eigenvalue weighted by molar-refractivity contribution is 0.151. The van der Waals surface area contributed by atoms with Crippen LogP contribution in [0.1, 0.15) is 17.4 Å². The molecule has 1 aromatic carbocycles. The van der Waals surface area contributed by atoms with E-state index in [1.165, 1.54) is 11.4 Å². The van der Waals surface area contributed by atoms with Gasteiger partial charge in [0, 0.05) is 38.1 Å². The van der Waals surface area contributed by atoms with E-state index in [1.54, 1.807) is 0 Å². The van der Waals surface area contributed by atoms with Crippen molar-refractivity contribution in [2.45, 2.75) is 19.1 Å². The van der Waals surface area contributed by atoms with Gasteiger partial charge in [0.2, 0.25) is 0 Å². The van der Waals surface area contributed by atoms with Crippen LogP contribution in [-0.4, -0.2) is 34.6 Å². The zero-order valence-electron chi connectivity index (χ0n) is 11.3. The van der Waals surface area contributed by atoms with Crippen LogP contribution in [0.2, 0.25) is 0 Å². The van der Waals surface area contributed by atoms with E-state index in [9.17, 15) is 0 Å². The van der Waals surface area contributed by atoms with Crippen LogP contribution in [0.3, 0.4) is 0 Å². The smallest absolute Gasteiger partial charge is 0.122 e. The number of likely N-dealkylation sites (N-methyl/N-ethyl adjacent to an activating group) is 1. The van der Waals surface area contributed by atoms with Gasteiger partial charge in [-0.2, -0.15) is 0 Å². The number of hydrogen-bond acceptors (Lipinski definition) is 3. The number of rotatable bonds is 4. The van der Waals surface area contributed by atoms with Gasteiger partial charge in [0.15, 0.2) is 0 Å². The Balaban J connectivity index is 1.82. The first-order valence-corrected chi connectivity index (χ1v) is 6.82. The van der Waals surface area contributed by atoms with Gasteiger partial charge >= 0.3 is 0 Å². The van der Waals surface area contributed by atoms with Crippen LogP contribution in [0.4, 0.5) is 0 Å². The highest BCUT2D eigenvalue weighted by molar-refractivity contribution is 5.20. The maximum atomic E-state index is 4.44. The molecule has 1 aromatic heterocycles. The van der Waals surface area contributed by atoms with Gasteiger partial charge in [0.05, 0.1) is 6.54 Å². The molecule has 3 rings (SSSR count). The van der Waals surface area contributed by atoms with Crippen LogP contribution in [-0.2, 0) is 13.1 Å². The van der Waals surface area contributed by atoms with Crippen LogP contribution in [0, 0.1) is 0 Å². The van der Waals surface area contributed by atoms with Crippen molar-refractivity contribution in [3.8, 4) is 0 Å². The Morgan fingerprint density at radius 2 is 2.11 bits per heavy atom. The average Bonchev–Trinajstić information content (AvgIpc) is 2.93. The van der Waals surface area contributed by atoms with E-state index in [4.69, 9.17) is 0 Å². The third-order valence-electron chi connectivity index (χ3n) is 3.80. The van der Waals surface area contributed by atoms with E-state index in [0.717, 1.165) is 26.2 Å². The second kappa shape index (κ2) is 5.55. The molecular weight excluding hydrogens is 236 g/mol. The number of aromatic nitrogens is 2. The van der Waals surface area contributed by atoms with Crippen LogP contribution in [0.5, 0.6) is 0 Å². The molecule has 1 N–H and O–H groups in total. The van der Waals surface area contributed by atoms with Crippen molar-refractivity contribution >= 4 is 0 Å². The molecule has 0 fully saturated rings. The number of fused-ring (bicyclic) bond motifs is 1. The molecular formula is C15H20N4. The van der Waals surface area contributed by atoms with E-state index in [2.05, 4.69) is 56.3 Å². The monoisotopic (exact) mass is 256 g/mol. The minimum absolute atomic E-state index is 0.414. The molecule has 1 aliphatic heterocycles. The molecule has 0 radical (unpaired) electrons. The van der Waals surface area contributed by atoms with E-state index < -0.39 is 0 Å². The molecule has 2 aromatic rings. The zero-order valence-corrected chi connectivity index (χ0v) is 11.3. The Kier molecular flexibility index (Phi) is 3.62. The molecule has 1 unspecified atom stereocenters. The predicted molar refractivity (Wildman–Crippen MR) is 75.7 cm³/mol. The fourth-order valence-corrected chi connectivity index (χ4v) is 2.78. The van der Waals surface area contributed by atoms with Crippen molar-refractivity contribution in [3.05, 3.63) is 54.1 Å². The minimum atomic E-state index is 0.414. The molecule has 1 atom stereocenters. The Morgan fingerprint density at radius 1 is 1.26 bits per heavy atom. The lowest BCUT2D eigenvalue weighted by atomic mass is 10.0. The summed E-state index contributed by atoms with van der Waals surface area (Å²) in [5, 5.41) is 3.31. The van der Waals surface area contributed by atoms with Crippen molar-refractivity contribution in [3.63, 3.8) is 0 Å². The van der Waals surface area contributed by atoms with Gasteiger partial charge in [0.25, 0.3) is 0 Å². The van der Waals surface area contributed by atoms with Crippen molar-refractivity contribution in [2.24, 2.45) is 0 Å². The summed E-state index contributed by atoms with van der Waals surface area (Å²) in [6, 6.07) is 11.1. The molecule has 0 bridgehead atoms. The van der Waals surface area contributed by atoms with Crippen LogP contribution in [0.25, 0.3) is 0 Å². The van der Waals surface area contributed by atoms with Gasteiger partial charge in [-0.25, -0.2) is 4.98 Å². The number of nitrogens with zero attached hydrogens (tertiary/aromatic N) is 3. The van der Waals surface area contributed by atoms with Crippen molar-refractivity contribution in [1.29, 1.82) is 0 Å². The number of benzene rings is 1. The maximum absolute atomic E-state index is 4.44. The Hall–Kier alpha value is -1.65. The standard InChI is InChI=1S/C15H20N4/c1-16-11-14(13-5-3-2-4-6-13)19-10-9-18-8-7-17-15(18)12-19/h2-8,14,16H,9-12H2,1H3. The SMILES string of the molecule is CNCC(c1ccccc1)N1CCn2ccnc2C1. The molecule has 0 saturated carbocycles. The summed E-state index contributed by atoms with van der Waals surface area (Å²) < 4.78 is 2.25.